The normalized spacial score (nSPS) is 17.7. The van der Waals surface area contributed by atoms with Crippen molar-refractivity contribution in [3.05, 3.63) is 70.2 Å². The van der Waals surface area contributed by atoms with Gasteiger partial charge in [-0.2, -0.15) is 15.1 Å². The van der Waals surface area contributed by atoms with Gasteiger partial charge in [-0.1, -0.05) is 18.2 Å². The summed E-state index contributed by atoms with van der Waals surface area (Å²) in [6.07, 6.45) is 3.21. The number of nitrogens with zero attached hydrogens (tertiary/aromatic N) is 6. The number of aromatic nitrogens is 5. The standard InChI is InChI=1S/C23H21FN8O2/c24-14-9-12-31-18(14)22(34)32(13-5-2-1-3-6-13)20(29-31)15-7-4-11-30(15)21-17-16(33)8-10-26-19(17)27-23(25)28-21/h1-3,5-6,9,12,15H,4,7-8,10-11H2,(H3,25,26,27,28). The van der Waals surface area contributed by atoms with Crippen LogP contribution in [0.15, 0.2) is 47.4 Å². The Bertz CT molecular complexity index is 1500. The van der Waals surface area contributed by atoms with E-state index in [1.165, 1.54) is 21.3 Å². The summed E-state index contributed by atoms with van der Waals surface area (Å²) >= 11 is 0. The van der Waals surface area contributed by atoms with Crippen LogP contribution in [0, 0.1) is 5.82 Å². The van der Waals surface area contributed by atoms with Gasteiger partial charge in [-0.15, -0.1) is 0 Å². The molecule has 0 bridgehead atoms. The maximum atomic E-state index is 14.5. The van der Waals surface area contributed by atoms with Crippen LogP contribution in [0.5, 0.6) is 0 Å². The number of ketones is 1. The Morgan fingerprint density at radius 2 is 1.94 bits per heavy atom. The Morgan fingerprint density at radius 1 is 1.12 bits per heavy atom. The van der Waals surface area contributed by atoms with Crippen molar-refractivity contribution in [3.63, 3.8) is 0 Å². The molecule has 4 aromatic rings. The highest BCUT2D eigenvalue weighted by Gasteiger charge is 2.36. The number of rotatable bonds is 3. The first-order valence-electron chi connectivity index (χ1n) is 11.1. The number of hydrogen-bond acceptors (Lipinski definition) is 8. The quantitative estimate of drug-likeness (QED) is 0.478. The average Bonchev–Trinajstić information content (AvgIpc) is 3.46. The Labute approximate surface area is 192 Å². The number of benzene rings is 1. The lowest BCUT2D eigenvalue weighted by Crippen LogP contribution is -2.35. The Hall–Kier alpha value is -4.28. The largest absolute Gasteiger partial charge is 0.369 e. The van der Waals surface area contributed by atoms with Crippen LogP contribution in [-0.2, 0) is 0 Å². The Morgan fingerprint density at radius 3 is 2.76 bits per heavy atom. The van der Waals surface area contributed by atoms with Crippen molar-refractivity contribution in [1.29, 1.82) is 0 Å². The zero-order valence-electron chi connectivity index (χ0n) is 18.1. The molecule has 1 unspecified atom stereocenters. The number of nitrogen functional groups attached to an aromatic ring is 1. The number of nitrogens with two attached hydrogens (primary N) is 1. The topological polar surface area (TPSA) is 123 Å². The zero-order chi connectivity index (χ0) is 23.4. The second-order valence-corrected chi connectivity index (χ2v) is 8.37. The molecule has 1 atom stereocenters. The molecular weight excluding hydrogens is 439 g/mol. The SMILES string of the molecule is Nc1nc2c(c(N3CCCC3c3nn4ccc(F)c4c(=O)n3-c3ccccc3)n1)C(=O)CCN2. The molecule has 0 radical (unpaired) electrons. The summed E-state index contributed by atoms with van der Waals surface area (Å²) in [5.41, 5.74) is 6.33. The smallest absolute Gasteiger partial charge is 0.285 e. The lowest BCUT2D eigenvalue weighted by molar-refractivity contribution is 0.0983. The summed E-state index contributed by atoms with van der Waals surface area (Å²) in [4.78, 5) is 36.9. The summed E-state index contributed by atoms with van der Waals surface area (Å²) in [7, 11) is 0. The molecule has 3 aromatic heterocycles. The molecule has 0 aliphatic carbocycles. The van der Waals surface area contributed by atoms with Crippen LogP contribution in [0.4, 0.5) is 22.0 Å². The Kier molecular flexibility index (Phi) is 4.57. The first-order valence-corrected chi connectivity index (χ1v) is 11.1. The average molecular weight is 460 g/mol. The van der Waals surface area contributed by atoms with Crippen LogP contribution in [0.3, 0.4) is 0 Å². The molecule has 1 aromatic carbocycles. The van der Waals surface area contributed by atoms with Gasteiger partial charge in [0.15, 0.2) is 22.9 Å². The summed E-state index contributed by atoms with van der Waals surface area (Å²) in [5, 5.41) is 7.80. The van der Waals surface area contributed by atoms with E-state index in [0.29, 0.717) is 54.6 Å². The highest BCUT2D eigenvalue weighted by molar-refractivity contribution is 6.06. The fourth-order valence-electron chi connectivity index (χ4n) is 4.86. The molecule has 1 fully saturated rings. The molecule has 6 rings (SSSR count). The van der Waals surface area contributed by atoms with E-state index in [-0.39, 0.29) is 17.2 Å². The van der Waals surface area contributed by atoms with Crippen molar-refractivity contribution in [1.82, 2.24) is 24.1 Å². The highest BCUT2D eigenvalue weighted by Crippen LogP contribution is 2.39. The number of nitrogens with one attached hydrogen (secondary N) is 1. The fraction of sp³-hybridized carbons (Fsp3) is 0.261. The third-order valence-electron chi connectivity index (χ3n) is 6.33. The lowest BCUT2D eigenvalue weighted by Gasteiger charge is -2.30. The maximum absolute atomic E-state index is 14.5. The van der Waals surface area contributed by atoms with E-state index in [4.69, 9.17) is 5.73 Å². The predicted molar refractivity (Wildman–Crippen MR) is 124 cm³/mol. The summed E-state index contributed by atoms with van der Waals surface area (Å²) in [6.45, 7) is 1.07. The number of carbonyl (C=O) groups is 1. The molecule has 0 spiro atoms. The van der Waals surface area contributed by atoms with Gasteiger partial charge in [-0.25, -0.2) is 8.91 Å². The maximum Gasteiger partial charge on any atom is 0.285 e. The minimum Gasteiger partial charge on any atom is -0.369 e. The highest BCUT2D eigenvalue weighted by atomic mass is 19.1. The fourth-order valence-corrected chi connectivity index (χ4v) is 4.86. The van der Waals surface area contributed by atoms with Gasteiger partial charge in [-0.3, -0.25) is 14.2 Å². The van der Waals surface area contributed by atoms with Crippen molar-refractivity contribution in [2.24, 2.45) is 0 Å². The van der Waals surface area contributed by atoms with Gasteiger partial charge >= 0.3 is 0 Å². The van der Waals surface area contributed by atoms with Crippen LogP contribution in [0.2, 0.25) is 0 Å². The van der Waals surface area contributed by atoms with Gasteiger partial charge in [0.2, 0.25) is 5.95 Å². The van der Waals surface area contributed by atoms with E-state index in [0.717, 1.165) is 6.42 Å². The molecule has 172 valence electrons. The van der Waals surface area contributed by atoms with Crippen molar-refractivity contribution in [2.75, 3.05) is 29.0 Å². The van der Waals surface area contributed by atoms with Gasteiger partial charge < -0.3 is 16.0 Å². The van der Waals surface area contributed by atoms with E-state index in [9.17, 15) is 14.0 Å². The number of halogens is 1. The minimum absolute atomic E-state index is 0.0536. The van der Waals surface area contributed by atoms with Crippen molar-refractivity contribution in [3.8, 4) is 5.69 Å². The van der Waals surface area contributed by atoms with Gasteiger partial charge in [-0.05, 0) is 31.0 Å². The molecule has 1 saturated heterocycles. The van der Waals surface area contributed by atoms with Crippen molar-refractivity contribution in [2.45, 2.75) is 25.3 Å². The molecule has 5 heterocycles. The molecule has 3 N–H and O–H groups in total. The van der Waals surface area contributed by atoms with E-state index in [2.05, 4.69) is 20.4 Å². The summed E-state index contributed by atoms with van der Waals surface area (Å²) in [6, 6.07) is 9.85. The molecule has 10 nitrogen and oxygen atoms in total. The second kappa shape index (κ2) is 7.65. The summed E-state index contributed by atoms with van der Waals surface area (Å²) in [5.74, 6) is 0.629. The second-order valence-electron chi connectivity index (χ2n) is 8.37. The first kappa shape index (κ1) is 20.3. The third kappa shape index (κ3) is 3.04. The van der Waals surface area contributed by atoms with Crippen molar-refractivity contribution >= 4 is 28.9 Å². The monoisotopic (exact) mass is 460 g/mol. The van der Waals surface area contributed by atoms with Gasteiger partial charge in [0.05, 0.1) is 11.7 Å². The van der Waals surface area contributed by atoms with Crippen LogP contribution >= 0.6 is 0 Å². The number of hydrogen-bond donors (Lipinski definition) is 2. The number of anilines is 3. The van der Waals surface area contributed by atoms with E-state index < -0.39 is 17.4 Å². The molecule has 2 aliphatic rings. The minimum atomic E-state index is -0.633. The molecule has 0 amide bonds. The van der Waals surface area contributed by atoms with Crippen LogP contribution in [-0.4, -0.2) is 43.0 Å². The predicted octanol–water partition coefficient (Wildman–Crippen LogP) is 2.34. The third-order valence-corrected chi connectivity index (χ3v) is 6.33. The van der Waals surface area contributed by atoms with Crippen LogP contribution in [0.1, 0.15) is 41.5 Å². The molecule has 11 heteroatoms. The summed E-state index contributed by atoms with van der Waals surface area (Å²) < 4.78 is 17.2. The van der Waals surface area contributed by atoms with Gasteiger partial charge in [0.25, 0.3) is 5.56 Å². The number of Topliss-reactive ketones (excluding diaryl/α,β-unsaturated/α-hetero) is 1. The molecule has 0 saturated carbocycles. The van der Waals surface area contributed by atoms with E-state index in [1.807, 2.05) is 23.1 Å². The zero-order valence-corrected chi connectivity index (χ0v) is 18.1. The molecular formula is C23H21FN8O2. The van der Waals surface area contributed by atoms with Crippen molar-refractivity contribution < 1.29 is 9.18 Å². The van der Waals surface area contributed by atoms with Crippen LogP contribution < -0.4 is 21.5 Å². The van der Waals surface area contributed by atoms with E-state index in [1.54, 1.807) is 12.1 Å². The van der Waals surface area contributed by atoms with Gasteiger partial charge in [0, 0.05) is 25.7 Å². The molecule has 2 aliphatic heterocycles. The number of fused-ring (bicyclic) bond motifs is 2. The number of para-hydroxylation sites is 1. The Balaban J connectivity index is 1.58. The van der Waals surface area contributed by atoms with E-state index >= 15 is 0 Å². The molecule has 34 heavy (non-hydrogen) atoms. The number of carbonyl (C=O) groups excluding carboxylic acids is 1. The van der Waals surface area contributed by atoms with Gasteiger partial charge in [0.1, 0.15) is 17.2 Å². The lowest BCUT2D eigenvalue weighted by atomic mass is 10.1. The first-order chi connectivity index (χ1) is 16.5. The van der Waals surface area contributed by atoms with Crippen LogP contribution in [0.25, 0.3) is 11.2 Å².